The number of aromatic nitrogens is 2. The number of rotatable bonds is 4. The number of amides is 1. The molecule has 0 spiro atoms. The molecule has 3 aromatic rings. The fourth-order valence-electron chi connectivity index (χ4n) is 3.49. The lowest BCUT2D eigenvalue weighted by molar-refractivity contribution is -0.121. The van der Waals surface area contributed by atoms with E-state index < -0.39 is 0 Å². The molecule has 1 amide bonds. The van der Waals surface area contributed by atoms with Crippen molar-refractivity contribution < 1.29 is 4.79 Å². The van der Waals surface area contributed by atoms with Crippen molar-refractivity contribution in [1.82, 2.24) is 15.3 Å². The maximum atomic E-state index is 12.3. The van der Waals surface area contributed by atoms with Crippen LogP contribution in [0.4, 0.5) is 5.95 Å². The van der Waals surface area contributed by atoms with Gasteiger partial charge < -0.3 is 15.2 Å². The largest absolute Gasteiger partial charge is 0.353 e. The number of hydrogen-bond donors (Lipinski definition) is 2. The van der Waals surface area contributed by atoms with Gasteiger partial charge in [0.1, 0.15) is 0 Å². The van der Waals surface area contributed by atoms with E-state index in [0.29, 0.717) is 6.42 Å². The van der Waals surface area contributed by atoms with Crippen LogP contribution in [0.2, 0.25) is 0 Å². The second-order valence-electron chi connectivity index (χ2n) is 7.07. The van der Waals surface area contributed by atoms with Gasteiger partial charge in [-0.2, -0.15) is 0 Å². The summed E-state index contributed by atoms with van der Waals surface area (Å²) in [6, 6.07) is 16.5. The van der Waals surface area contributed by atoms with Gasteiger partial charge in [-0.1, -0.05) is 42.0 Å². The monoisotopic (exact) mass is 348 g/mol. The van der Waals surface area contributed by atoms with Gasteiger partial charge in [0.25, 0.3) is 0 Å². The summed E-state index contributed by atoms with van der Waals surface area (Å²) in [5.74, 6) is 1.03. The molecule has 0 radical (unpaired) electrons. The van der Waals surface area contributed by atoms with Crippen molar-refractivity contribution in [3.63, 3.8) is 0 Å². The number of H-pyrrole nitrogens is 1. The van der Waals surface area contributed by atoms with Gasteiger partial charge in [-0.05, 0) is 37.5 Å². The highest BCUT2D eigenvalue weighted by atomic mass is 16.1. The van der Waals surface area contributed by atoms with E-state index >= 15 is 0 Å². The zero-order valence-electron chi connectivity index (χ0n) is 15.0. The van der Waals surface area contributed by atoms with Crippen molar-refractivity contribution >= 4 is 22.9 Å². The molecule has 0 atom stereocenters. The number of fused-ring (bicyclic) bond motifs is 1. The molecule has 0 saturated carbocycles. The maximum absolute atomic E-state index is 12.3. The van der Waals surface area contributed by atoms with Crippen LogP contribution >= 0.6 is 0 Å². The van der Waals surface area contributed by atoms with Gasteiger partial charge in [-0.25, -0.2) is 4.98 Å². The summed E-state index contributed by atoms with van der Waals surface area (Å²) in [7, 11) is 0. The molecule has 0 unspecified atom stereocenters. The molecule has 1 aliphatic heterocycles. The molecule has 5 heteroatoms. The minimum atomic E-state index is 0.107. The molecule has 5 nitrogen and oxygen atoms in total. The Morgan fingerprint density at radius 3 is 2.62 bits per heavy atom. The Morgan fingerprint density at radius 2 is 1.88 bits per heavy atom. The van der Waals surface area contributed by atoms with Gasteiger partial charge in [0, 0.05) is 19.1 Å². The molecule has 134 valence electrons. The first kappa shape index (κ1) is 16.6. The van der Waals surface area contributed by atoms with Gasteiger partial charge in [-0.3, -0.25) is 4.79 Å². The number of piperidine rings is 1. The van der Waals surface area contributed by atoms with Crippen LogP contribution in [0.3, 0.4) is 0 Å². The van der Waals surface area contributed by atoms with E-state index in [-0.39, 0.29) is 11.9 Å². The average Bonchev–Trinajstić information content (AvgIpc) is 3.08. The normalized spacial score (nSPS) is 15.3. The van der Waals surface area contributed by atoms with E-state index in [1.54, 1.807) is 0 Å². The van der Waals surface area contributed by atoms with E-state index in [9.17, 15) is 4.79 Å². The number of benzene rings is 2. The fourth-order valence-corrected chi connectivity index (χ4v) is 3.49. The Bertz CT molecular complexity index is 859. The molecule has 1 aliphatic rings. The summed E-state index contributed by atoms with van der Waals surface area (Å²) in [4.78, 5) is 22.6. The van der Waals surface area contributed by atoms with E-state index in [1.807, 2.05) is 36.4 Å². The molecule has 26 heavy (non-hydrogen) atoms. The fraction of sp³-hybridized carbons (Fsp3) is 0.333. The van der Waals surface area contributed by atoms with E-state index in [1.165, 1.54) is 5.56 Å². The number of aryl methyl sites for hydroxylation is 1. The topological polar surface area (TPSA) is 61.0 Å². The van der Waals surface area contributed by atoms with Gasteiger partial charge in [0.15, 0.2) is 0 Å². The van der Waals surface area contributed by atoms with Crippen molar-refractivity contribution in [3.05, 3.63) is 59.7 Å². The number of para-hydroxylation sites is 2. The van der Waals surface area contributed by atoms with E-state index in [2.05, 4.69) is 39.2 Å². The van der Waals surface area contributed by atoms with Gasteiger partial charge in [0.05, 0.1) is 17.5 Å². The number of carbonyl (C=O) groups is 1. The van der Waals surface area contributed by atoms with Crippen LogP contribution in [-0.2, 0) is 11.2 Å². The summed E-state index contributed by atoms with van der Waals surface area (Å²) < 4.78 is 0. The first-order valence-electron chi connectivity index (χ1n) is 9.22. The van der Waals surface area contributed by atoms with Crippen LogP contribution in [0.25, 0.3) is 11.0 Å². The minimum absolute atomic E-state index is 0.107. The molecule has 2 heterocycles. The Kier molecular flexibility index (Phi) is 4.61. The van der Waals surface area contributed by atoms with Gasteiger partial charge in [0.2, 0.25) is 11.9 Å². The Morgan fingerprint density at radius 1 is 1.15 bits per heavy atom. The predicted molar refractivity (Wildman–Crippen MR) is 104 cm³/mol. The van der Waals surface area contributed by atoms with Crippen molar-refractivity contribution in [2.45, 2.75) is 32.2 Å². The summed E-state index contributed by atoms with van der Waals surface area (Å²) >= 11 is 0. The van der Waals surface area contributed by atoms with Crippen LogP contribution in [0, 0.1) is 6.92 Å². The molecule has 0 bridgehead atoms. The lowest BCUT2D eigenvalue weighted by Gasteiger charge is -2.32. The van der Waals surface area contributed by atoms with E-state index in [0.717, 1.165) is 48.5 Å². The lowest BCUT2D eigenvalue weighted by Crippen LogP contribution is -2.45. The maximum Gasteiger partial charge on any atom is 0.224 e. The second kappa shape index (κ2) is 7.20. The number of hydrogen-bond acceptors (Lipinski definition) is 3. The predicted octanol–water partition coefficient (Wildman–Crippen LogP) is 3.20. The summed E-state index contributed by atoms with van der Waals surface area (Å²) in [5.41, 5.74) is 4.34. The standard InChI is InChI=1S/C21H24N4O/c1-15-6-8-16(9-7-15)14-20(26)22-17-10-12-25(13-11-17)21-23-18-4-2-3-5-19(18)24-21/h2-9,17H,10-14H2,1H3,(H,22,26)(H,23,24). The minimum Gasteiger partial charge on any atom is -0.353 e. The summed E-state index contributed by atoms with van der Waals surface area (Å²) in [5, 5.41) is 3.18. The second-order valence-corrected chi connectivity index (χ2v) is 7.07. The van der Waals surface area contributed by atoms with Crippen molar-refractivity contribution in [3.8, 4) is 0 Å². The third-order valence-corrected chi connectivity index (χ3v) is 5.02. The third-order valence-electron chi connectivity index (χ3n) is 5.02. The van der Waals surface area contributed by atoms with Gasteiger partial charge >= 0.3 is 0 Å². The molecule has 2 aromatic carbocycles. The molecule has 1 saturated heterocycles. The number of imidazole rings is 1. The number of nitrogens with zero attached hydrogens (tertiary/aromatic N) is 2. The number of anilines is 1. The SMILES string of the molecule is Cc1ccc(CC(=O)NC2CCN(c3nc4ccccc4[nH]3)CC2)cc1. The Hall–Kier alpha value is -2.82. The molecule has 1 fully saturated rings. The summed E-state index contributed by atoms with van der Waals surface area (Å²) in [6.07, 6.45) is 2.33. The van der Waals surface area contributed by atoms with Crippen LogP contribution in [0.15, 0.2) is 48.5 Å². The first-order valence-corrected chi connectivity index (χ1v) is 9.22. The van der Waals surface area contributed by atoms with Crippen LogP contribution in [0.5, 0.6) is 0 Å². The smallest absolute Gasteiger partial charge is 0.224 e. The lowest BCUT2D eigenvalue weighted by atomic mass is 10.0. The number of nitrogens with one attached hydrogen (secondary N) is 2. The Labute approximate surface area is 153 Å². The molecular weight excluding hydrogens is 324 g/mol. The average molecular weight is 348 g/mol. The number of carbonyl (C=O) groups excluding carboxylic acids is 1. The highest BCUT2D eigenvalue weighted by molar-refractivity contribution is 5.79. The molecular formula is C21H24N4O. The van der Waals surface area contributed by atoms with Crippen LogP contribution in [-0.4, -0.2) is 35.0 Å². The van der Waals surface area contributed by atoms with Crippen LogP contribution < -0.4 is 10.2 Å². The van der Waals surface area contributed by atoms with Crippen molar-refractivity contribution in [2.24, 2.45) is 0 Å². The molecule has 4 rings (SSSR count). The highest BCUT2D eigenvalue weighted by Crippen LogP contribution is 2.21. The van der Waals surface area contributed by atoms with E-state index in [4.69, 9.17) is 0 Å². The molecule has 1 aromatic heterocycles. The molecule has 0 aliphatic carbocycles. The molecule has 2 N–H and O–H groups in total. The zero-order valence-corrected chi connectivity index (χ0v) is 15.0. The van der Waals surface area contributed by atoms with Crippen molar-refractivity contribution in [2.75, 3.05) is 18.0 Å². The highest BCUT2D eigenvalue weighted by Gasteiger charge is 2.22. The first-order chi connectivity index (χ1) is 12.7. The quantitative estimate of drug-likeness (QED) is 0.761. The van der Waals surface area contributed by atoms with Crippen molar-refractivity contribution in [1.29, 1.82) is 0 Å². The zero-order chi connectivity index (χ0) is 17.9. The number of aromatic amines is 1. The third kappa shape index (κ3) is 3.72. The van der Waals surface area contributed by atoms with Crippen LogP contribution in [0.1, 0.15) is 24.0 Å². The summed E-state index contributed by atoms with van der Waals surface area (Å²) in [6.45, 7) is 3.85. The van der Waals surface area contributed by atoms with Gasteiger partial charge in [-0.15, -0.1) is 0 Å². The Balaban J connectivity index is 1.30.